The number of amides is 3. The molecule has 0 fully saturated rings. The van der Waals surface area contributed by atoms with Crippen LogP contribution in [0.4, 0.5) is 11.4 Å². The lowest BCUT2D eigenvalue weighted by molar-refractivity contribution is -0.114. The fourth-order valence-corrected chi connectivity index (χ4v) is 4.69. The second kappa shape index (κ2) is 13.8. The van der Waals surface area contributed by atoms with Crippen molar-refractivity contribution in [2.75, 3.05) is 16.4 Å². The van der Waals surface area contributed by atoms with Crippen LogP contribution < -0.4 is 16.0 Å². The zero-order valence-electron chi connectivity index (χ0n) is 21.4. The Balaban J connectivity index is 1.43. The molecule has 4 aromatic carbocycles. The Hall–Kier alpha value is -4.04. The van der Waals surface area contributed by atoms with Crippen LogP contribution in [-0.2, 0) is 9.59 Å². The number of hydrogen-bond donors (Lipinski definition) is 3. The van der Waals surface area contributed by atoms with Crippen LogP contribution in [0, 0.1) is 6.92 Å². The molecular formula is C31H25Cl2N3O3S. The van der Waals surface area contributed by atoms with E-state index in [1.165, 1.54) is 17.8 Å². The highest BCUT2D eigenvalue weighted by molar-refractivity contribution is 8.00. The first-order valence-electron chi connectivity index (χ1n) is 12.2. The van der Waals surface area contributed by atoms with E-state index in [2.05, 4.69) is 16.0 Å². The van der Waals surface area contributed by atoms with Crippen LogP contribution in [0.25, 0.3) is 6.08 Å². The van der Waals surface area contributed by atoms with Crippen molar-refractivity contribution < 1.29 is 14.4 Å². The lowest BCUT2D eigenvalue weighted by Crippen LogP contribution is -2.30. The molecule has 0 aliphatic carbocycles. The number of anilines is 2. The van der Waals surface area contributed by atoms with Gasteiger partial charge in [0, 0.05) is 21.8 Å². The van der Waals surface area contributed by atoms with Gasteiger partial charge in [0.1, 0.15) is 5.70 Å². The summed E-state index contributed by atoms with van der Waals surface area (Å²) in [6.07, 6.45) is 1.47. The maximum Gasteiger partial charge on any atom is 0.272 e. The van der Waals surface area contributed by atoms with E-state index in [1.54, 1.807) is 72.8 Å². The topological polar surface area (TPSA) is 87.3 Å². The van der Waals surface area contributed by atoms with Crippen LogP contribution in [0.5, 0.6) is 0 Å². The third-order valence-corrected chi connectivity index (χ3v) is 7.44. The van der Waals surface area contributed by atoms with E-state index in [0.29, 0.717) is 21.8 Å². The van der Waals surface area contributed by atoms with E-state index < -0.39 is 11.8 Å². The number of rotatable bonds is 9. The average molecular weight is 591 g/mol. The van der Waals surface area contributed by atoms with E-state index in [9.17, 15) is 14.4 Å². The number of thioether (sulfide) groups is 1. The van der Waals surface area contributed by atoms with Crippen molar-refractivity contribution in [1.82, 2.24) is 5.32 Å². The van der Waals surface area contributed by atoms with Crippen LogP contribution >= 0.6 is 35.0 Å². The molecular weight excluding hydrogens is 565 g/mol. The van der Waals surface area contributed by atoms with Crippen molar-refractivity contribution in [1.29, 1.82) is 0 Å². The fraction of sp³-hybridized carbons (Fsp3) is 0.0645. The van der Waals surface area contributed by atoms with E-state index in [1.807, 2.05) is 31.2 Å². The minimum atomic E-state index is -0.543. The Labute approximate surface area is 246 Å². The first-order valence-corrected chi connectivity index (χ1v) is 14.0. The normalized spacial score (nSPS) is 11.0. The summed E-state index contributed by atoms with van der Waals surface area (Å²) in [4.78, 5) is 39.3. The Morgan fingerprint density at radius 1 is 0.800 bits per heavy atom. The van der Waals surface area contributed by atoms with Gasteiger partial charge in [0.25, 0.3) is 11.8 Å². The molecule has 9 heteroatoms. The Morgan fingerprint density at radius 2 is 1.52 bits per heavy atom. The van der Waals surface area contributed by atoms with Gasteiger partial charge in [-0.1, -0.05) is 65.7 Å². The lowest BCUT2D eigenvalue weighted by atomic mass is 10.1. The van der Waals surface area contributed by atoms with Crippen molar-refractivity contribution in [2.45, 2.75) is 11.8 Å². The van der Waals surface area contributed by atoms with Crippen molar-refractivity contribution in [3.63, 3.8) is 0 Å². The summed E-state index contributed by atoms with van der Waals surface area (Å²) in [7, 11) is 0. The maximum absolute atomic E-state index is 13.2. The van der Waals surface area contributed by atoms with Gasteiger partial charge in [0.2, 0.25) is 5.91 Å². The van der Waals surface area contributed by atoms with Gasteiger partial charge in [-0.2, -0.15) is 0 Å². The fourth-order valence-electron chi connectivity index (χ4n) is 3.63. The number of nitrogens with one attached hydrogen (secondary N) is 3. The molecule has 6 nitrogen and oxygen atoms in total. The summed E-state index contributed by atoms with van der Waals surface area (Å²) < 4.78 is 0. The first-order chi connectivity index (χ1) is 19.3. The second-order valence-corrected chi connectivity index (χ2v) is 10.5. The molecule has 0 aliphatic heterocycles. The van der Waals surface area contributed by atoms with Crippen LogP contribution in [0.15, 0.2) is 108 Å². The molecule has 0 aromatic heterocycles. The van der Waals surface area contributed by atoms with Crippen molar-refractivity contribution in [3.8, 4) is 0 Å². The molecule has 4 aromatic rings. The first kappa shape index (κ1) is 29.0. The van der Waals surface area contributed by atoms with Crippen LogP contribution in [-0.4, -0.2) is 23.5 Å². The van der Waals surface area contributed by atoms with Gasteiger partial charge in [-0.3, -0.25) is 14.4 Å². The van der Waals surface area contributed by atoms with Gasteiger partial charge in [-0.25, -0.2) is 0 Å². The highest BCUT2D eigenvalue weighted by Crippen LogP contribution is 2.27. The zero-order chi connectivity index (χ0) is 28.5. The second-order valence-electron chi connectivity index (χ2n) is 8.71. The molecule has 0 unspecified atom stereocenters. The monoisotopic (exact) mass is 589 g/mol. The molecule has 3 N–H and O–H groups in total. The largest absolute Gasteiger partial charge is 0.325 e. The van der Waals surface area contributed by atoms with Gasteiger partial charge in [0.05, 0.1) is 15.8 Å². The standard InChI is InChI=1S/C31H25Cl2N3O3S/c1-20-7-5-11-24(17-20)34-28(37)19-40-25-15-13-23(14-16-25)35-31(39)27(18-22-10-6-12-26(32)29(22)33)36-30(38)21-8-3-2-4-9-21/h2-18H,19H2,1H3,(H,34,37)(H,35,39)(H,36,38)/b27-18-. The molecule has 0 saturated heterocycles. The molecule has 0 heterocycles. The predicted molar refractivity (Wildman–Crippen MR) is 164 cm³/mol. The zero-order valence-corrected chi connectivity index (χ0v) is 23.7. The summed E-state index contributed by atoms with van der Waals surface area (Å²) in [6.45, 7) is 1.97. The third kappa shape index (κ3) is 8.23. The average Bonchev–Trinajstić information content (AvgIpc) is 2.95. The van der Waals surface area contributed by atoms with Crippen LogP contribution in [0.2, 0.25) is 10.0 Å². The quantitative estimate of drug-likeness (QED) is 0.140. The van der Waals surface area contributed by atoms with E-state index >= 15 is 0 Å². The van der Waals surface area contributed by atoms with Crippen molar-refractivity contribution in [3.05, 3.63) is 129 Å². The summed E-state index contributed by atoms with van der Waals surface area (Å²) in [5.41, 5.74) is 3.19. The molecule has 0 bridgehead atoms. The van der Waals surface area contributed by atoms with Crippen LogP contribution in [0.1, 0.15) is 21.5 Å². The minimum Gasteiger partial charge on any atom is -0.325 e. The molecule has 0 aliphatic rings. The summed E-state index contributed by atoms with van der Waals surface area (Å²) in [5, 5.41) is 8.94. The van der Waals surface area contributed by atoms with Gasteiger partial charge in [-0.05, 0) is 78.7 Å². The number of benzene rings is 4. The molecule has 202 valence electrons. The molecule has 0 atom stereocenters. The predicted octanol–water partition coefficient (Wildman–Crippen LogP) is 7.44. The molecule has 0 radical (unpaired) electrons. The number of hydrogen-bond acceptors (Lipinski definition) is 4. The molecule has 40 heavy (non-hydrogen) atoms. The summed E-state index contributed by atoms with van der Waals surface area (Å²) in [5.74, 6) is -0.871. The number of aryl methyl sites for hydroxylation is 1. The van der Waals surface area contributed by atoms with Crippen molar-refractivity contribution >= 4 is 70.1 Å². The Morgan fingerprint density at radius 3 is 2.25 bits per heavy atom. The summed E-state index contributed by atoms with van der Waals surface area (Å²) in [6, 6.07) is 28.3. The minimum absolute atomic E-state index is 0.00992. The molecule has 0 saturated carbocycles. The number of halogens is 2. The highest BCUT2D eigenvalue weighted by atomic mass is 35.5. The van der Waals surface area contributed by atoms with E-state index in [4.69, 9.17) is 23.2 Å². The van der Waals surface area contributed by atoms with Gasteiger partial charge < -0.3 is 16.0 Å². The summed E-state index contributed by atoms with van der Waals surface area (Å²) >= 11 is 13.8. The van der Waals surface area contributed by atoms with E-state index in [-0.39, 0.29) is 22.4 Å². The lowest BCUT2D eigenvalue weighted by Gasteiger charge is -2.12. The van der Waals surface area contributed by atoms with Gasteiger partial charge >= 0.3 is 0 Å². The number of carbonyl (C=O) groups is 3. The highest BCUT2D eigenvalue weighted by Gasteiger charge is 2.16. The maximum atomic E-state index is 13.2. The Kier molecular flexibility index (Phi) is 10.0. The molecule has 3 amide bonds. The van der Waals surface area contributed by atoms with E-state index in [0.717, 1.165) is 16.1 Å². The van der Waals surface area contributed by atoms with Gasteiger partial charge in [-0.15, -0.1) is 11.8 Å². The van der Waals surface area contributed by atoms with Gasteiger partial charge in [0.15, 0.2) is 0 Å². The van der Waals surface area contributed by atoms with Crippen LogP contribution in [0.3, 0.4) is 0 Å². The molecule has 4 rings (SSSR count). The smallest absolute Gasteiger partial charge is 0.272 e. The number of carbonyl (C=O) groups excluding carboxylic acids is 3. The third-order valence-electron chi connectivity index (χ3n) is 5.59. The SMILES string of the molecule is Cc1cccc(NC(=O)CSc2ccc(NC(=O)/C(=C/c3cccc(Cl)c3Cl)NC(=O)c3ccccc3)cc2)c1. The van der Waals surface area contributed by atoms with Crippen molar-refractivity contribution in [2.24, 2.45) is 0 Å². The molecule has 0 spiro atoms. The Bertz CT molecular complexity index is 1560.